The van der Waals surface area contributed by atoms with Crippen LogP contribution in [-0.2, 0) is 9.53 Å². The van der Waals surface area contributed by atoms with Crippen LogP contribution >= 0.6 is 0 Å². The lowest BCUT2D eigenvalue weighted by Gasteiger charge is -2.34. The molecule has 17 heavy (non-hydrogen) atoms. The second-order valence-corrected chi connectivity index (χ2v) is 5.88. The van der Waals surface area contributed by atoms with Crippen LogP contribution in [0.4, 0.5) is 4.79 Å². The number of hydrogen-bond acceptors (Lipinski definition) is 3. The number of piperidine rings is 1. The molecule has 1 heterocycles. The molecule has 5 heteroatoms. The molecule has 0 bridgehead atoms. The average molecular weight is 241 g/mol. The predicted molar refractivity (Wildman–Crippen MR) is 60.6 cm³/mol. The largest absolute Gasteiger partial charge is 0.480 e. The molecule has 0 spiro atoms. The highest BCUT2D eigenvalue weighted by molar-refractivity contribution is 5.81. The van der Waals surface area contributed by atoms with Crippen molar-refractivity contribution in [3.8, 4) is 0 Å². The number of hydrogen-bond donors (Lipinski definition) is 1. The number of carbonyl (C=O) groups excluding carboxylic acids is 1. The van der Waals surface area contributed by atoms with Gasteiger partial charge in [0.15, 0.2) is 0 Å². The normalized spacial score (nSPS) is 31.7. The third-order valence-electron chi connectivity index (χ3n) is 3.28. The van der Waals surface area contributed by atoms with Gasteiger partial charge in [-0.2, -0.15) is 0 Å². The van der Waals surface area contributed by atoms with Crippen LogP contribution in [0.5, 0.6) is 0 Å². The summed E-state index contributed by atoms with van der Waals surface area (Å²) in [5.41, 5.74) is -0.581. The number of likely N-dealkylation sites (tertiary alicyclic amines) is 1. The highest BCUT2D eigenvalue weighted by Gasteiger charge is 2.53. The third kappa shape index (κ3) is 2.53. The zero-order valence-corrected chi connectivity index (χ0v) is 10.5. The second kappa shape index (κ2) is 3.89. The molecule has 0 aromatic carbocycles. The Hall–Kier alpha value is -1.26. The first kappa shape index (κ1) is 12.2. The van der Waals surface area contributed by atoms with E-state index in [-0.39, 0.29) is 6.04 Å². The van der Waals surface area contributed by atoms with Gasteiger partial charge in [0.05, 0.1) is 0 Å². The summed E-state index contributed by atoms with van der Waals surface area (Å²) in [4.78, 5) is 24.6. The van der Waals surface area contributed by atoms with Gasteiger partial charge in [0.25, 0.3) is 0 Å². The van der Waals surface area contributed by atoms with Crippen molar-refractivity contribution >= 4 is 12.1 Å². The van der Waals surface area contributed by atoms with Crippen LogP contribution in [0.15, 0.2) is 0 Å². The van der Waals surface area contributed by atoms with E-state index in [0.29, 0.717) is 12.3 Å². The molecule has 3 atom stereocenters. The molecule has 1 N–H and O–H groups in total. The van der Waals surface area contributed by atoms with Crippen molar-refractivity contribution in [2.24, 2.45) is 5.92 Å². The van der Waals surface area contributed by atoms with Crippen molar-refractivity contribution in [3.63, 3.8) is 0 Å². The molecule has 0 aromatic rings. The van der Waals surface area contributed by atoms with Gasteiger partial charge in [-0.1, -0.05) is 0 Å². The number of ether oxygens (including phenoxy) is 1. The highest BCUT2D eigenvalue weighted by Crippen LogP contribution is 2.45. The van der Waals surface area contributed by atoms with Crippen LogP contribution in [-0.4, -0.2) is 39.8 Å². The molecule has 5 nitrogen and oxygen atoms in total. The molecule has 1 aliphatic carbocycles. The maximum Gasteiger partial charge on any atom is 0.411 e. The van der Waals surface area contributed by atoms with E-state index in [0.717, 1.165) is 12.8 Å². The zero-order chi connectivity index (χ0) is 12.8. The number of aliphatic carboxylic acids is 1. The smallest absolute Gasteiger partial charge is 0.411 e. The fourth-order valence-corrected chi connectivity index (χ4v) is 2.44. The molecule has 0 aromatic heterocycles. The first-order valence-electron chi connectivity index (χ1n) is 6.04. The monoisotopic (exact) mass is 241 g/mol. The van der Waals surface area contributed by atoms with Crippen molar-refractivity contribution in [3.05, 3.63) is 0 Å². The number of carboxylic acid groups (broad SMARTS) is 1. The van der Waals surface area contributed by atoms with Gasteiger partial charge in [-0.25, -0.2) is 9.59 Å². The van der Waals surface area contributed by atoms with E-state index in [1.807, 2.05) is 0 Å². The van der Waals surface area contributed by atoms with Crippen LogP contribution in [0.1, 0.15) is 40.0 Å². The third-order valence-corrected chi connectivity index (χ3v) is 3.28. The first-order chi connectivity index (χ1) is 7.79. The molecular weight excluding hydrogens is 222 g/mol. The molecular formula is C12H19NO4. The number of carbonyl (C=O) groups is 2. The zero-order valence-electron chi connectivity index (χ0n) is 10.5. The molecule has 1 unspecified atom stereocenters. The van der Waals surface area contributed by atoms with Crippen molar-refractivity contribution in [2.45, 2.75) is 57.7 Å². The Morgan fingerprint density at radius 2 is 1.94 bits per heavy atom. The minimum Gasteiger partial charge on any atom is -0.480 e. The van der Waals surface area contributed by atoms with E-state index in [9.17, 15) is 9.59 Å². The molecule has 1 amide bonds. The fourth-order valence-electron chi connectivity index (χ4n) is 2.44. The van der Waals surface area contributed by atoms with Crippen molar-refractivity contribution < 1.29 is 19.4 Å². The van der Waals surface area contributed by atoms with Crippen LogP contribution in [0.2, 0.25) is 0 Å². The van der Waals surface area contributed by atoms with Gasteiger partial charge in [0.2, 0.25) is 0 Å². The van der Waals surface area contributed by atoms with E-state index in [1.165, 1.54) is 4.90 Å². The number of nitrogens with zero attached hydrogens (tertiary/aromatic N) is 1. The Balaban J connectivity index is 2.10. The van der Waals surface area contributed by atoms with Crippen LogP contribution in [0.25, 0.3) is 0 Å². The van der Waals surface area contributed by atoms with Crippen molar-refractivity contribution in [1.82, 2.24) is 4.90 Å². The van der Waals surface area contributed by atoms with Gasteiger partial charge in [-0.3, -0.25) is 4.90 Å². The predicted octanol–water partition coefficient (Wildman–Crippen LogP) is 1.86. The summed E-state index contributed by atoms with van der Waals surface area (Å²) in [6.45, 7) is 5.36. The average Bonchev–Trinajstić information content (AvgIpc) is 2.90. The lowest BCUT2D eigenvalue weighted by molar-refractivity contribution is -0.144. The minimum absolute atomic E-state index is 0.0831. The Bertz CT molecular complexity index is 347. The number of carboxylic acids is 1. The van der Waals surface area contributed by atoms with Gasteiger partial charge >= 0.3 is 12.1 Å². The van der Waals surface area contributed by atoms with E-state index in [4.69, 9.17) is 9.84 Å². The summed E-state index contributed by atoms with van der Waals surface area (Å²) >= 11 is 0. The summed E-state index contributed by atoms with van der Waals surface area (Å²) in [6, 6.07) is -0.631. The van der Waals surface area contributed by atoms with Crippen LogP contribution < -0.4 is 0 Å². The van der Waals surface area contributed by atoms with Gasteiger partial charge in [-0.15, -0.1) is 0 Å². The Labute approximate surface area is 101 Å². The minimum atomic E-state index is -0.929. The van der Waals surface area contributed by atoms with Gasteiger partial charge in [-0.05, 0) is 46.0 Å². The fraction of sp³-hybridized carbons (Fsp3) is 0.833. The summed E-state index contributed by atoms with van der Waals surface area (Å²) < 4.78 is 5.28. The van der Waals surface area contributed by atoms with E-state index >= 15 is 0 Å². The molecule has 1 saturated carbocycles. The quantitative estimate of drug-likeness (QED) is 0.761. The first-order valence-corrected chi connectivity index (χ1v) is 6.04. The molecule has 1 saturated heterocycles. The lowest BCUT2D eigenvalue weighted by Crippen LogP contribution is -2.50. The van der Waals surface area contributed by atoms with Crippen LogP contribution in [0.3, 0.4) is 0 Å². The number of fused-ring (bicyclic) bond motifs is 1. The highest BCUT2D eigenvalue weighted by atomic mass is 16.6. The molecule has 0 radical (unpaired) electrons. The summed E-state index contributed by atoms with van der Waals surface area (Å²) in [6.07, 6.45) is 1.87. The molecule has 2 fully saturated rings. The standard InChI is InChI=1S/C12H19NO4/c1-12(2,3)17-11(16)13-8(10(14)15)5-4-7-6-9(7)13/h7-9H,4-6H2,1-3H3,(H,14,15)/t7-,8-,9?/m1/s1. The summed E-state index contributed by atoms with van der Waals surface area (Å²) in [5.74, 6) is -0.445. The molecule has 2 rings (SSSR count). The Morgan fingerprint density at radius 3 is 2.47 bits per heavy atom. The van der Waals surface area contributed by atoms with Gasteiger partial charge < -0.3 is 9.84 Å². The van der Waals surface area contributed by atoms with E-state index in [1.54, 1.807) is 20.8 Å². The molecule has 96 valence electrons. The van der Waals surface area contributed by atoms with Crippen molar-refractivity contribution in [2.75, 3.05) is 0 Å². The molecule has 2 aliphatic rings. The number of rotatable bonds is 1. The topological polar surface area (TPSA) is 66.8 Å². The number of amides is 1. The Morgan fingerprint density at radius 1 is 1.29 bits per heavy atom. The van der Waals surface area contributed by atoms with Crippen molar-refractivity contribution in [1.29, 1.82) is 0 Å². The van der Waals surface area contributed by atoms with Gasteiger partial charge in [0, 0.05) is 6.04 Å². The second-order valence-electron chi connectivity index (χ2n) is 5.88. The molecule has 1 aliphatic heterocycles. The van der Waals surface area contributed by atoms with Crippen LogP contribution in [0, 0.1) is 5.92 Å². The maximum absolute atomic E-state index is 12.0. The SMILES string of the molecule is CC(C)(C)OC(=O)N1C2C[C@H]2CC[C@@H]1C(=O)O. The van der Waals surface area contributed by atoms with E-state index < -0.39 is 23.7 Å². The maximum atomic E-state index is 12.0. The summed E-state index contributed by atoms with van der Waals surface area (Å²) in [7, 11) is 0. The Kier molecular flexibility index (Phi) is 2.79. The summed E-state index contributed by atoms with van der Waals surface area (Å²) in [5, 5.41) is 9.14. The van der Waals surface area contributed by atoms with E-state index in [2.05, 4.69) is 0 Å². The lowest BCUT2D eigenvalue weighted by atomic mass is 10.0. The van der Waals surface area contributed by atoms with Gasteiger partial charge in [0.1, 0.15) is 11.6 Å².